The van der Waals surface area contributed by atoms with Crippen molar-refractivity contribution < 1.29 is 19.0 Å². The molecule has 210 valence electrons. The fraction of sp³-hybridized carbons (Fsp3) is 0.194. The van der Waals surface area contributed by atoms with E-state index in [0.29, 0.717) is 43.7 Å². The Balaban J connectivity index is 1.53. The van der Waals surface area contributed by atoms with Gasteiger partial charge in [-0.15, -0.1) is 0 Å². The normalized spacial score (nSPS) is 14.9. The fourth-order valence-corrected chi connectivity index (χ4v) is 5.98. The molecule has 3 aromatic carbocycles. The summed E-state index contributed by atoms with van der Waals surface area (Å²) in [5.41, 5.74) is 3.07. The van der Waals surface area contributed by atoms with Crippen LogP contribution in [0.2, 0.25) is 5.02 Å². The van der Waals surface area contributed by atoms with Crippen LogP contribution in [0.5, 0.6) is 11.5 Å². The molecule has 0 spiro atoms. The first-order chi connectivity index (χ1) is 19.8. The predicted molar refractivity (Wildman–Crippen MR) is 163 cm³/mol. The third-order valence-electron chi connectivity index (χ3n) is 6.50. The molecule has 0 radical (unpaired) electrons. The molecule has 2 heterocycles. The smallest absolute Gasteiger partial charge is 0.338 e. The molecular formula is C31H26BrClN2O5S. The molecule has 0 unspecified atom stereocenters. The number of hydrogen-bond donors (Lipinski definition) is 0. The maximum atomic E-state index is 13.8. The molecule has 1 aliphatic heterocycles. The van der Waals surface area contributed by atoms with Crippen LogP contribution in [0.4, 0.5) is 0 Å². The monoisotopic (exact) mass is 652 g/mol. The van der Waals surface area contributed by atoms with Crippen molar-refractivity contribution in [1.82, 2.24) is 4.57 Å². The zero-order chi connectivity index (χ0) is 29.1. The molecule has 0 bridgehead atoms. The van der Waals surface area contributed by atoms with Gasteiger partial charge in [0.2, 0.25) is 0 Å². The molecule has 1 aromatic heterocycles. The average Bonchev–Trinajstić information content (AvgIpc) is 3.26. The topological polar surface area (TPSA) is 79.1 Å². The lowest BCUT2D eigenvalue weighted by Gasteiger charge is -2.24. The largest absolute Gasteiger partial charge is 0.493 e. The molecule has 0 aliphatic carbocycles. The first kappa shape index (κ1) is 28.9. The summed E-state index contributed by atoms with van der Waals surface area (Å²) in [4.78, 5) is 32.0. The van der Waals surface area contributed by atoms with E-state index < -0.39 is 12.0 Å². The lowest BCUT2D eigenvalue weighted by Crippen LogP contribution is -2.39. The van der Waals surface area contributed by atoms with E-state index in [1.807, 2.05) is 42.5 Å². The van der Waals surface area contributed by atoms with E-state index >= 15 is 0 Å². The van der Waals surface area contributed by atoms with Crippen LogP contribution in [0.15, 0.2) is 92.3 Å². The summed E-state index contributed by atoms with van der Waals surface area (Å²) in [6, 6.07) is 19.8. The number of rotatable bonds is 8. The second-order valence-electron chi connectivity index (χ2n) is 9.18. The minimum Gasteiger partial charge on any atom is -0.493 e. The molecular weight excluding hydrogens is 628 g/mol. The highest BCUT2D eigenvalue weighted by Gasteiger charge is 2.33. The van der Waals surface area contributed by atoms with E-state index in [0.717, 1.165) is 21.2 Å². The lowest BCUT2D eigenvalue weighted by atomic mass is 9.96. The summed E-state index contributed by atoms with van der Waals surface area (Å²) in [5, 5.41) is 0.553. The van der Waals surface area contributed by atoms with Crippen LogP contribution in [0, 0.1) is 0 Å². The molecule has 10 heteroatoms. The Morgan fingerprint density at radius 3 is 2.51 bits per heavy atom. The number of methoxy groups -OCH3 is 1. The van der Waals surface area contributed by atoms with Crippen molar-refractivity contribution in [2.24, 2.45) is 4.99 Å². The van der Waals surface area contributed by atoms with Crippen molar-refractivity contribution in [3.63, 3.8) is 0 Å². The van der Waals surface area contributed by atoms with E-state index in [-0.39, 0.29) is 12.2 Å². The Morgan fingerprint density at radius 2 is 1.83 bits per heavy atom. The minimum absolute atomic E-state index is 0.206. The van der Waals surface area contributed by atoms with Gasteiger partial charge in [-0.2, -0.15) is 0 Å². The number of nitrogens with zero attached hydrogens (tertiary/aromatic N) is 2. The Hall–Kier alpha value is -3.66. The molecule has 0 fully saturated rings. The molecule has 0 amide bonds. The molecule has 1 atom stereocenters. The summed E-state index contributed by atoms with van der Waals surface area (Å²) in [6.45, 7) is 4.09. The highest BCUT2D eigenvalue weighted by atomic mass is 79.9. The molecule has 5 rings (SSSR count). The fourth-order valence-electron chi connectivity index (χ4n) is 4.54. The second-order valence-corrected chi connectivity index (χ2v) is 11.5. The molecule has 1 aliphatic rings. The van der Waals surface area contributed by atoms with Crippen LogP contribution in [0.3, 0.4) is 0 Å². The van der Waals surface area contributed by atoms with Crippen molar-refractivity contribution >= 4 is 50.9 Å². The van der Waals surface area contributed by atoms with Gasteiger partial charge < -0.3 is 14.2 Å². The summed E-state index contributed by atoms with van der Waals surface area (Å²) in [5.74, 6) is 0.626. The number of hydrogen-bond acceptors (Lipinski definition) is 7. The molecule has 0 N–H and O–H groups in total. The molecule has 4 aromatic rings. The summed E-state index contributed by atoms with van der Waals surface area (Å²) in [7, 11) is 1.57. The minimum atomic E-state index is -0.700. The standard InChI is InChI=1S/C31H26BrClN2O5S/c1-4-39-30(37)27-18(2)34-31-35(28(27)21-8-12-23(33)13-9-21)29(36)26(41-31)16-20-7-14-24(25(15-20)38-3)40-17-19-5-10-22(32)11-6-19/h5-16,28H,4,17H2,1-3H3/b26-16-/t28-/m0/s1. The van der Waals surface area contributed by atoms with E-state index in [1.165, 1.54) is 11.3 Å². The number of thiazole rings is 1. The van der Waals surface area contributed by atoms with Gasteiger partial charge in [-0.05, 0) is 73.0 Å². The summed E-state index contributed by atoms with van der Waals surface area (Å²) in [6.07, 6.45) is 1.78. The number of carbonyl (C=O) groups excluding carboxylic acids is 1. The number of esters is 1. The van der Waals surface area contributed by atoms with Crippen molar-refractivity contribution in [2.45, 2.75) is 26.5 Å². The van der Waals surface area contributed by atoms with Crippen LogP contribution in [-0.2, 0) is 16.1 Å². The zero-order valence-electron chi connectivity index (χ0n) is 22.5. The van der Waals surface area contributed by atoms with Gasteiger partial charge in [-0.25, -0.2) is 9.79 Å². The second kappa shape index (κ2) is 12.5. The number of allylic oxidation sites excluding steroid dienone is 1. The number of benzene rings is 3. The number of fused-ring (bicyclic) bond motifs is 1. The van der Waals surface area contributed by atoms with Crippen molar-refractivity contribution in [3.05, 3.63) is 124 Å². The van der Waals surface area contributed by atoms with Crippen LogP contribution in [0.25, 0.3) is 6.08 Å². The van der Waals surface area contributed by atoms with Gasteiger partial charge in [-0.1, -0.05) is 69.2 Å². The third kappa shape index (κ3) is 6.17. The molecule has 0 saturated heterocycles. The number of ether oxygens (including phenoxy) is 3. The predicted octanol–water partition coefficient (Wildman–Crippen LogP) is 5.80. The maximum absolute atomic E-state index is 13.8. The summed E-state index contributed by atoms with van der Waals surface area (Å²) < 4.78 is 19.9. The summed E-state index contributed by atoms with van der Waals surface area (Å²) >= 11 is 10.8. The van der Waals surface area contributed by atoms with E-state index in [4.69, 9.17) is 25.8 Å². The molecule has 41 heavy (non-hydrogen) atoms. The lowest BCUT2D eigenvalue weighted by molar-refractivity contribution is -0.139. The number of aromatic nitrogens is 1. The van der Waals surface area contributed by atoms with E-state index in [9.17, 15) is 9.59 Å². The van der Waals surface area contributed by atoms with Gasteiger partial charge in [0.05, 0.1) is 35.6 Å². The van der Waals surface area contributed by atoms with E-state index in [1.54, 1.807) is 55.9 Å². The van der Waals surface area contributed by atoms with Crippen molar-refractivity contribution in [2.75, 3.05) is 13.7 Å². The van der Waals surface area contributed by atoms with Gasteiger partial charge in [0.1, 0.15) is 6.61 Å². The van der Waals surface area contributed by atoms with Gasteiger partial charge in [0.15, 0.2) is 16.3 Å². The molecule has 7 nitrogen and oxygen atoms in total. The quantitative estimate of drug-likeness (QED) is 0.225. The molecule has 0 saturated carbocycles. The van der Waals surface area contributed by atoms with E-state index in [2.05, 4.69) is 20.9 Å². The zero-order valence-corrected chi connectivity index (χ0v) is 25.7. The Kier molecular flexibility index (Phi) is 8.77. The van der Waals surface area contributed by atoms with Crippen molar-refractivity contribution in [3.8, 4) is 11.5 Å². The Labute approximate surface area is 254 Å². The van der Waals surface area contributed by atoms with Crippen LogP contribution in [0.1, 0.15) is 36.6 Å². The van der Waals surface area contributed by atoms with Gasteiger partial charge in [-0.3, -0.25) is 9.36 Å². The highest BCUT2D eigenvalue weighted by molar-refractivity contribution is 9.10. The van der Waals surface area contributed by atoms with Crippen LogP contribution in [-0.4, -0.2) is 24.3 Å². The van der Waals surface area contributed by atoms with Crippen LogP contribution >= 0.6 is 38.9 Å². The first-order valence-electron chi connectivity index (χ1n) is 12.8. The first-order valence-corrected chi connectivity index (χ1v) is 14.8. The third-order valence-corrected chi connectivity index (χ3v) is 8.26. The van der Waals surface area contributed by atoms with Gasteiger partial charge >= 0.3 is 5.97 Å². The maximum Gasteiger partial charge on any atom is 0.338 e. The Morgan fingerprint density at radius 1 is 1.10 bits per heavy atom. The number of carbonyl (C=O) groups is 1. The number of halogens is 2. The Bertz CT molecular complexity index is 1810. The van der Waals surface area contributed by atoms with Crippen LogP contribution < -0.4 is 24.4 Å². The van der Waals surface area contributed by atoms with Crippen molar-refractivity contribution in [1.29, 1.82) is 0 Å². The van der Waals surface area contributed by atoms with Gasteiger partial charge in [0, 0.05) is 9.50 Å². The van der Waals surface area contributed by atoms with Gasteiger partial charge in [0.25, 0.3) is 5.56 Å². The average molecular weight is 654 g/mol. The highest BCUT2D eigenvalue weighted by Crippen LogP contribution is 2.32. The SMILES string of the molecule is CCOC(=O)C1=C(C)N=c2s/c(=C\c3ccc(OCc4ccc(Br)cc4)c(OC)c3)c(=O)n2[C@H]1c1ccc(Cl)cc1.